The molecule has 0 aliphatic heterocycles. The molecule has 0 spiro atoms. The topological polar surface area (TPSA) is 118 Å². The van der Waals surface area contributed by atoms with Crippen molar-refractivity contribution < 1.29 is 24.2 Å². The molecule has 0 saturated carbocycles. The molecular weight excluding hydrogens is 546 g/mol. The highest BCUT2D eigenvalue weighted by atomic mass is 32.2. The number of fused-ring (bicyclic) bond motifs is 1. The highest BCUT2D eigenvalue weighted by Crippen LogP contribution is 2.28. The van der Waals surface area contributed by atoms with Gasteiger partial charge in [0.05, 0.1) is 24.1 Å². The van der Waals surface area contributed by atoms with Gasteiger partial charge >= 0.3 is 5.97 Å². The fraction of sp³-hybridized carbons (Fsp3) is 0.0667. The van der Waals surface area contributed by atoms with Gasteiger partial charge in [0, 0.05) is 32.5 Å². The fourth-order valence-electron chi connectivity index (χ4n) is 4.10. The summed E-state index contributed by atoms with van der Waals surface area (Å²) in [5, 5.41) is 18.7. The Kier molecular flexibility index (Phi) is 8.09. The molecule has 5 rings (SSSR count). The van der Waals surface area contributed by atoms with Crippen molar-refractivity contribution >= 4 is 62.5 Å². The lowest BCUT2D eigenvalue weighted by atomic mass is 9.98. The Morgan fingerprint density at radius 3 is 2.38 bits per heavy atom. The molecule has 5 aromatic rings. The van der Waals surface area contributed by atoms with E-state index in [0.29, 0.717) is 21.6 Å². The second-order valence-electron chi connectivity index (χ2n) is 8.60. The number of nitrogens with one attached hydrogen (secondary N) is 2. The Bertz CT molecular complexity index is 1710. The van der Waals surface area contributed by atoms with Gasteiger partial charge in [-0.2, -0.15) is 0 Å². The lowest BCUT2D eigenvalue weighted by Gasteiger charge is -2.11. The number of aromatic carboxylic acids is 1. The molecule has 0 atom stereocenters. The zero-order valence-corrected chi connectivity index (χ0v) is 22.8. The van der Waals surface area contributed by atoms with Crippen LogP contribution in [0.1, 0.15) is 20.7 Å². The van der Waals surface area contributed by atoms with Crippen molar-refractivity contribution in [1.29, 1.82) is 0 Å². The molecule has 3 N–H and O–H groups in total. The van der Waals surface area contributed by atoms with E-state index in [4.69, 9.17) is 4.74 Å². The normalized spacial score (nSPS) is 10.7. The van der Waals surface area contributed by atoms with Gasteiger partial charge in [-0.05, 0) is 60.0 Å². The number of hydrogen-bond donors (Lipinski definition) is 3. The van der Waals surface area contributed by atoms with E-state index < -0.39 is 11.9 Å². The Hall–Kier alpha value is -4.67. The molecule has 0 aliphatic rings. The second-order valence-corrected chi connectivity index (χ2v) is 10.5. The highest BCUT2D eigenvalue weighted by Gasteiger charge is 2.17. The van der Waals surface area contributed by atoms with Gasteiger partial charge < -0.3 is 20.5 Å². The maximum absolute atomic E-state index is 13.1. The Labute approximate surface area is 238 Å². The van der Waals surface area contributed by atoms with Crippen molar-refractivity contribution in [2.75, 3.05) is 23.5 Å². The summed E-state index contributed by atoms with van der Waals surface area (Å²) >= 11 is 2.67. The van der Waals surface area contributed by atoms with E-state index in [-0.39, 0.29) is 22.8 Å². The molecule has 0 unspecified atom stereocenters. The number of nitrogens with zero attached hydrogens (tertiary/aromatic N) is 1. The third-order valence-electron chi connectivity index (χ3n) is 5.98. The third-order valence-corrected chi connectivity index (χ3v) is 7.73. The largest absolute Gasteiger partial charge is 0.497 e. The number of rotatable bonds is 9. The number of ether oxygens (including phenoxy) is 1. The van der Waals surface area contributed by atoms with Crippen molar-refractivity contribution in [3.8, 4) is 17.0 Å². The van der Waals surface area contributed by atoms with E-state index in [9.17, 15) is 19.5 Å². The van der Waals surface area contributed by atoms with Crippen molar-refractivity contribution in [3.05, 3.63) is 101 Å². The van der Waals surface area contributed by atoms with Gasteiger partial charge in [-0.1, -0.05) is 30.3 Å². The first-order chi connectivity index (χ1) is 19.4. The average Bonchev–Trinajstić information content (AvgIpc) is 3.44. The number of carboxylic acid groups (broad SMARTS) is 1. The summed E-state index contributed by atoms with van der Waals surface area (Å²) in [5.41, 5.74) is 2.55. The number of anilines is 2. The van der Waals surface area contributed by atoms with E-state index in [0.717, 1.165) is 21.9 Å². The van der Waals surface area contributed by atoms with Gasteiger partial charge in [0.2, 0.25) is 5.91 Å². The number of thiazole rings is 1. The Morgan fingerprint density at radius 1 is 0.925 bits per heavy atom. The van der Waals surface area contributed by atoms with Gasteiger partial charge in [0.25, 0.3) is 5.91 Å². The SMILES string of the molecule is COc1ccc(-c2csc(NC(=O)CSc3cccc(NC(=O)c4cccc5cccc(C(=O)O)c45)c3)n2)cc1. The predicted octanol–water partition coefficient (Wildman–Crippen LogP) is 6.65. The minimum atomic E-state index is -1.10. The van der Waals surface area contributed by atoms with Crippen LogP contribution in [0.15, 0.2) is 95.2 Å². The van der Waals surface area contributed by atoms with Crippen LogP contribution >= 0.6 is 23.1 Å². The molecule has 4 aromatic carbocycles. The van der Waals surface area contributed by atoms with Crippen LogP contribution in [0.2, 0.25) is 0 Å². The summed E-state index contributed by atoms with van der Waals surface area (Å²) in [7, 11) is 1.61. The minimum Gasteiger partial charge on any atom is -0.497 e. The van der Waals surface area contributed by atoms with Crippen LogP contribution < -0.4 is 15.4 Å². The first-order valence-electron chi connectivity index (χ1n) is 12.1. The molecular formula is C30H23N3O5S2. The zero-order valence-electron chi connectivity index (χ0n) is 21.2. The van der Waals surface area contributed by atoms with Crippen molar-refractivity contribution in [3.63, 3.8) is 0 Å². The monoisotopic (exact) mass is 569 g/mol. The lowest BCUT2D eigenvalue weighted by Crippen LogP contribution is -2.14. The summed E-state index contributed by atoms with van der Waals surface area (Å²) in [6.07, 6.45) is 0. The van der Waals surface area contributed by atoms with E-state index in [2.05, 4.69) is 15.6 Å². The molecule has 0 aliphatic carbocycles. The maximum Gasteiger partial charge on any atom is 0.336 e. The van der Waals surface area contributed by atoms with Gasteiger partial charge in [-0.15, -0.1) is 23.1 Å². The summed E-state index contributed by atoms with van der Waals surface area (Å²) < 4.78 is 5.18. The molecule has 10 heteroatoms. The second kappa shape index (κ2) is 12.0. The van der Waals surface area contributed by atoms with Crippen molar-refractivity contribution in [2.24, 2.45) is 0 Å². The number of carbonyl (C=O) groups is 3. The molecule has 0 saturated heterocycles. The minimum absolute atomic E-state index is 0.0647. The highest BCUT2D eigenvalue weighted by molar-refractivity contribution is 8.00. The van der Waals surface area contributed by atoms with E-state index in [1.165, 1.54) is 29.2 Å². The first kappa shape index (κ1) is 26.9. The van der Waals surface area contributed by atoms with Crippen LogP contribution in [-0.4, -0.2) is 40.7 Å². The molecule has 0 bridgehead atoms. The van der Waals surface area contributed by atoms with Crippen LogP contribution in [0.3, 0.4) is 0 Å². The number of benzene rings is 4. The maximum atomic E-state index is 13.1. The number of hydrogen-bond acceptors (Lipinski definition) is 7. The number of amides is 2. The summed E-state index contributed by atoms with van der Waals surface area (Å²) in [6, 6.07) is 24.7. The molecule has 200 valence electrons. The third kappa shape index (κ3) is 6.14. The lowest BCUT2D eigenvalue weighted by molar-refractivity contribution is -0.113. The Balaban J connectivity index is 1.21. The van der Waals surface area contributed by atoms with E-state index in [1.807, 2.05) is 35.7 Å². The number of aromatic nitrogens is 1. The van der Waals surface area contributed by atoms with Gasteiger partial charge in [-0.3, -0.25) is 9.59 Å². The van der Waals surface area contributed by atoms with Crippen LogP contribution in [0, 0.1) is 0 Å². The molecule has 2 amide bonds. The van der Waals surface area contributed by atoms with Gasteiger partial charge in [0.15, 0.2) is 5.13 Å². The number of thioether (sulfide) groups is 1. The summed E-state index contributed by atoms with van der Waals surface area (Å²) in [6.45, 7) is 0. The predicted molar refractivity (Wildman–Crippen MR) is 159 cm³/mol. The number of carbonyl (C=O) groups excluding carboxylic acids is 2. The van der Waals surface area contributed by atoms with Gasteiger partial charge in [0.1, 0.15) is 5.75 Å². The molecule has 40 heavy (non-hydrogen) atoms. The van der Waals surface area contributed by atoms with Crippen LogP contribution in [0.25, 0.3) is 22.0 Å². The first-order valence-corrected chi connectivity index (χ1v) is 14.0. The summed E-state index contributed by atoms with van der Waals surface area (Å²) in [4.78, 5) is 42.7. The molecule has 8 nitrogen and oxygen atoms in total. The zero-order chi connectivity index (χ0) is 28.1. The quantitative estimate of drug-likeness (QED) is 0.170. The Morgan fingerprint density at radius 2 is 1.65 bits per heavy atom. The van der Waals surface area contributed by atoms with E-state index in [1.54, 1.807) is 55.6 Å². The standard InChI is InChI=1S/C30H23N3O5S2/c1-38-21-13-11-18(12-14-21)25-16-40-30(32-25)33-26(34)17-39-22-8-4-7-20(15-22)31-28(35)23-9-2-5-19-6-3-10-24(27(19)23)29(36)37/h2-16H,17H2,1H3,(H,31,35)(H,36,37)(H,32,33,34). The smallest absolute Gasteiger partial charge is 0.336 e. The van der Waals surface area contributed by atoms with Crippen molar-refractivity contribution in [1.82, 2.24) is 4.98 Å². The molecule has 0 radical (unpaired) electrons. The van der Waals surface area contributed by atoms with Gasteiger partial charge in [-0.25, -0.2) is 9.78 Å². The van der Waals surface area contributed by atoms with E-state index >= 15 is 0 Å². The fourth-order valence-corrected chi connectivity index (χ4v) is 5.59. The average molecular weight is 570 g/mol. The van der Waals surface area contributed by atoms with Crippen molar-refractivity contribution in [2.45, 2.75) is 4.90 Å². The van der Waals surface area contributed by atoms with Crippen LogP contribution in [0.4, 0.5) is 10.8 Å². The summed E-state index contributed by atoms with van der Waals surface area (Å²) in [5.74, 6) is -0.811. The number of methoxy groups -OCH3 is 1. The van der Waals surface area contributed by atoms with Crippen LogP contribution in [0.5, 0.6) is 5.75 Å². The molecule has 0 fully saturated rings. The molecule has 1 heterocycles. The number of carboxylic acids is 1. The van der Waals surface area contributed by atoms with Crippen LogP contribution in [-0.2, 0) is 4.79 Å². The molecule has 1 aromatic heterocycles.